The van der Waals surface area contributed by atoms with Crippen molar-refractivity contribution in [3.63, 3.8) is 0 Å². The van der Waals surface area contributed by atoms with E-state index in [0.717, 1.165) is 18.9 Å². The molecule has 1 aliphatic heterocycles. The van der Waals surface area contributed by atoms with Crippen LogP contribution >= 0.6 is 11.8 Å². The molecule has 1 aliphatic rings. The molecule has 0 spiro atoms. The summed E-state index contributed by atoms with van der Waals surface area (Å²) in [6, 6.07) is 0.621. The maximum absolute atomic E-state index is 3.56. The molecule has 0 aliphatic carbocycles. The van der Waals surface area contributed by atoms with Gasteiger partial charge in [-0.05, 0) is 50.2 Å². The van der Waals surface area contributed by atoms with Crippen LogP contribution < -0.4 is 5.32 Å². The van der Waals surface area contributed by atoms with Gasteiger partial charge < -0.3 is 5.32 Å². The summed E-state index contributed by atoms with van der Waals surface area (Å²) in [6.07, 6.45) is 5.16. The van der Waals surface area contributed by atoms with E-state index in [1.807, 2.05) is 6.92 Å². The highest BCUT2D eigenvalue weighted by Gasteiger charge is 2.17. The van der Waals surface area contributed by atoms with Crippen LogP contribution in [0.3, 0.4) is 0 Å². The SMILES string of the molecule is CC#CCC(CC1CCSCC1)NCC. The smallest absolute Gasteiger partial charge is 0.0243 e. The van der Waals surface area contributed by atoms with Crippen LogP contribution in [0.5, 0.6) is 0 Å². The minimum atomic E-state index is 0.621. The van der Waals surface area contributed by atoms with E-state index in [9.17, 15) is 0 Å². The standard InChI is InChI=1S/C13H23NS/c1-3-5-6-13(14-4-2)11-12-7-9-15-10-8-12/h12-14H,4,6-11H2,1-2H3. The molecule has 1 heterocycles. The summed E-state index contributed by atoms with van der Waals surface area (Å²) in [5.74, 6) is 9.87. The van der Waals surface area contributed by atoms with Gasteiger partial charge in [-0.2, -0.15) is 11.8 Å². The van der Waals surface area contributed by atoms with Gasteiger partial charge in [0, 0.05) is 12.5 Å². The quantitative estimate of drug-likeness (QED) is 0.722. The average molecular weight is 225 g/mol. The fourth-order valence-electron chi connectivity index (χ4n) is 2.14. The van der Waals surface area contributed by atoms with Crippen molar-refractivity contribution in [3.8, 4) is 11.8 Å². The molecule has 15 heavy (non-hydrogen) atoms. The Morgan fingerprint density at radius 1 is 1.40 bits per heavy atom. The maximum atomic E-state index is 3.56. The van der Waals surface area contributed by atoms with Crippen molar-refractivity contribution in [3.05, 3.63) is 0 Å². The van der Waals surface area contributed by atoms with Crippen molar-refractivity contribution in [1.29, 1.82) is 0 Å². The Balaban J connectivity index is 2.29. The number of hydrogen-bond donors (Lipinski definition) is 1. The lowest BCUT2D eigenvalue weighted by Gasteiger charge is -2.25. The van der Waals surface area contributed by atoms with E-state index in [0.29, 0.717) is 6.04 Å². The Kier molecular flexibility index (Phi) is 6.96. The first kappa shape index (κ1) is 12.9. The van der Waals surface area contributed by atoms with Gasteiger partial charge in [0.15, 0.2) is 0 Å². The summed E-state index contributed by atoms with van der Waals surface area (Å²) in [6.45, 7) is 5.18. The molecule has 1 nitrogen and oxygen atoms in total. The van der Waals surface area contributed by atoms with Crippen molar-refractivity contribution < 1.29 is 0 Å². The minimum absolute atomic E-state index is 0.621. The Labute approximate surface area is 98.8 Å². The molecule has 1 unspecified atom stereocenters. The molecular weight excluding hydrogens is 202 g/mol. The summed E-state index contributed by atoms with van der Waals surface area (Å²) in [7, 11) is 0. The van der Waals surface area contributed by atoms with Crippen LogP contribution in [0, 0.1) is 17.8 Å². The number of rotatable bonds is 5. The van der Waals surface area contributed by atoms with Gasteiger partial charge in [-0.15, -0.1) is 11.8 Å². The fraction of sp³-hybridized carbons (Fsp3) is 0.846. The number of nitrogens with one attached hydrogen (secondary N) is 1. The van der Waals surface area contributed by atoms with Gasteiger partial charge in [0.05, 0.1) is 0 Å². The summed E-state index contributed by atoms with van der Waals surface area (Å²) in [4.78, 5) is 0. The van der Waals surface area contributed by atoms with Gasteiger partial charge in [-0.1, -0.05) is 6.92 Å². The third kappa shape index (κ3) is 5.49. The van der Waals surface area contributed by atoms with E-state index < -0.39 is 0 Å². The first-order valence-electron chi connectivity index (χ1n) is 6.07. The van der Waals surface area contributed by atoms with Crippen LogP contribution in [-0.4, -0.2) is 24.1 Å². The van der Waals surface area contributed by atoms with Crippen molar-refractivity contribution in [2.45, 2.75) is 45.6 Å². The highest BCUT2D eigenvalue weighted by molar-refractivity contribution is 7.99. The molecule has 0 amide bonds. The maximum Gasteiger partial charge on any atom is 0.0243 e. The average Bonchev–Trinajstić information content (AvgIpc) is 2.28. The van der Waals surface area contributed by atoms with E-state index in [1.54, 1.807) is 0 Å². The van der Waals surface area contributed by atoms with E-state index in [2.05, 4.69) is 35.8 Å². The van der Waals surface area contributed by atoms with Crippen LogP contribution in [0.15, 0.2) is 0 Å². The predicted octanol–water partition coefficient (Wildman–Crippen LogP) is 2.91. The largest absolute Gasteiger partial charge is 0.313 e. The van der Waals surface area contributed by atoms with Crippen molar-refractivity contribution in [2.75, 3.05) is 18.1 Å². The zero-order valence-electron chi connectivity index (χ0n) is 10.0. The third-order valence-electron chi connectivity index (χ3n) is 2.98. The van der Waals surface area contributed by atoms with Crippen molar-refractivity contribution in [2.24, 2.45) is 5.92 Å². The topological polar surface area (TPSA) is 12.0 Å². The Morgan fingerprint density at radius 2 is 2.13 bits per heavy atom. The van der Waals surface area contributed by atoms with Gasteiger partial charge in [0.25, 0.3) is 0 Å². The zero-order valence-corrected chi connectivity index (χ0v) is 10.8. The van der Waals surface area contributed by atoms with Gasteiger partial charge in [-0.25, -0.2) is 0 Å². The van der Waals surface area contributed by atoms with Gasteiger partial charge in [-0.3, -0.25) is 0 Å². The van der Waals surface area contributed by atoms with Crippen LogP contribution in [0.4, 0.5) is 0 Å². The van der Waals surface area contributed by atoms with Crippen LogP contribution in [0.25, 0.3) is 0 Å². The lowest BCUT2D eigenvalue weighted by Crippen LogP contribution is -2.31. The molecular formula is C13H23NS. The lowest BCUT2D eigenvalue weighted by molar-refractivity contribution is 0.371. The fourth-order valence-corrected chi connectivity index (χ4v) is 3.34. The van der Waals surface area contributed by atoms with Crippen molar-refractivity contribution in [1.82, 2.24) is 5.32 Å². The molecule has 1 atom stereocenters. The zero-order chi connectivity index (χ0) is 10.9. The molecule has 1 fully saturated rings. The Hall–Kier alpha value is -0.130. The van der Waals surface area contributed by atoms with Crippen LogP contribution in [-0.2, 0) is 0 Å². The molecule has 1 saturated heterocycles. The molecule has 0 aromatic carbocycles. The van der Waals surface area contributed by atoms with E-state index in [1.165, 1.54) is 30.8 Å². The molecule has 0 aromatic rings. The molecule has 2 heteroatoms. The van der Waals surface area contributed by atoms with E-state index in [4.69, 9.17) is 0 Å². The van der Waals surface area contributed by atoms with Gasteiger partial charge in [0.1, 0.15) is 0 Å². The molecule has 86 valence electrons. The monoisotopic (exact) mass is 225 g/mol. The second kappa shape index (κ2) is 8.07. The van der Waals surface area contributed by atoms with Gasteiger partial charge in [0.2, 0.25) is 0 Å². The van der Waals surface area contributed by atoms with E-state index >= 15 is 0 Å². The summed E-state index contributed by atoms with van der Waals surface area (Å²) in [5.41, 5.74) is 0. The lowest BCUT2D eigenvalue weighted by atomic mass is 9.93. The summed E-state index contributed by atoms with van der Waals surface area (Å²) in [5, 5.41) is 3.56. The van der Waals surface area contributed by atoms with E-state index in [-0.39, 0.29) is 0 Å². The number of thioether (sulfide) groups is 1. The predicted molar refractivity (Wildman–Crippen MR) is 70.2 cm³/mol. The second-order valence-corrected chi connectivity index (χ2v) is 5.40. The molecule has 0 radical (unpaired) electrons. The molecule has 0 aromatic heterocycles. The van der Waals surface area contributed by atoms with Crippen molar-refractivity contribution >= 4 is 11.8 Å². The first-order chi connectivity index (χ1) is 7.36. The highest BCUT2D eigenvalue weighted by Crippen LogP contribution is 2.26. The third-order valence-corrected chi connectivity index (χ3v) is 4.03. The second-order valence-electron chi connectivity index (χ2n) is 4.18. The molecule has 0 saturated carbocycles. The summed E-state index contributed by atoms with van der Waals surface area (Å²) >= 11 is 2.11. The normalized spacial score (nSPS) is 19.3. The van der Waals surface area contributed by atoms with Crippen LogP contribution in [0.1, 0.15) is 39.5 Å². The Bertz CT molecular complexity index is 210. The highest BCUT2D eigenvalue weighted by atomic mass is 32.2. The van der Waals surface area contributed by atoms with Crippen LogP contribution in [0.2, 0.25) is 0 Å². The molecule has 0 bridgehead atoms. The first-order valence-corrected chi connectivity index (χ1v) is 7.23. The van der Waals surface area contributed by atoms with Gasteiger partial charge >= 0.3 is 0 Å². The summed E-state index contributed by atoms with van der Waals surface area (Å²) < 4.78 is 0. The molecule has 1 rings (SSSR count). The number of hydrogen-bond acceptors (Lipinski definition) is 2. The molecule has 1 N–H and O–H groups in total. The Morgan fingerprint density at radius 3 is 2.73 bits per heavy atom. The minimum Gasteiger partial charge on any atom is -0.313 e.